The molecule has 5 rings (SSSR count). The topological polar surface area (TPSA) is 242 Å². The normalized spacial score (nSPS) is 15.8. The van der Waals surface area contributed by atoms with Gasteiger partial charge in [-0.05, 0) is 84.6 Å². The van der Waals surface area contributed by atoms with E-state index >= 15 is 0 Å². The number of anilines is 2. The van der Waals surface area contributed by atoms with E-state index in [1.165, 1.54) is 62.6 Å². The van der Waals surface area contributed by atoms with E-state index in [0.717, 1.165) is 21.1 Å². The number of rotatable bonds is 18. The summed E-state index contributed by atoms with van der Waals surface area (Å²) >= 11 is 0. The molecule has 3 heterocycles. The number of carbonyl (C=O) groups excluding carboxylic acids is 2. The van der Waals surface area contributed by atoms with Gasteiger partial charge < -0.3 is 29.3 Å². The van der Waals surface area contributed by atoms with Crippen molar-refractivity contribution < 1.29 is 59.7 Å². The van der Waals surface area contributed by atoms with E-state index in [9.17, 15) is 50.5 Å². The molecule has 25 heteroatoms. The Morgan fingerprint density at radius 1 is 0.816 bits per heavy atom. The number of hydrogen-bond donors (Lipinski definition) is 2. The maximum atomic E-state index is 13.7. The fourth-order valence-corrected chi connectivity index (χ4v) is 9.15. The number of aliphatic hydroxyl groups excluding tert-OH is 2. The van der Waals surface area contributed by atoms with E-state index in [-0.39, 0.29) is 126 Å². The first-order valence-corrected chi connectivity index (χ1v) is 29.8. The summed E-state index contributed by atoms with van der Waals surface area (Å²) in [4.78, 5) is 41.1. The van der Waals surface area contributed by atoms with Crippen LogP contribution in [0.5, 0.6) is 0 Å². The number of carbonyl (C=O) groups is 2. The van der Waals surface area contributed by atoms with Crippen LogP contribution in [0.3, 0.4) is 0 Å². The second kappa shape index (κ2) is 30.1. The molecule has 76 heavy (non-hydrogen) atoms. The molecule has 4 aromatic rings. The van der Waals surface area contributed by atoms with E-state index in [1.807, 2.05) is 33.8 Å². The van der Waals surface area contributed by atoms with Crippen molar-refractivity contribution in [1.29, 1.82) is 0 Å². The number of aromatic nitrogens is 4. The van der Waals surface area contributed by atoms with Gasteiger partial charge in [0.2, 0.25) is 31.9 Å². The number of benzene rings is 2. The summed E-state index contributed by atoms with van der Waals surface area (Å²) in [7, 11) is -6.66. The minimum Gasteiger partial charge on any atom is -0.550 e. The van der Waals surface area contributed by atoms with Gasteiger partial charge in [-0.1, -0.05) is 74.1 Å². The molecule has 2 aromatic heterocycles. The molecule has 17 nitrogen and oxygen atoms in total. The first-order valence-electron chi connectivity index (χ1n) is 23.2. The summed E-state index contributed by atoms with van der Waals surface area (Å²) in [6, 6.07) is 11.3. The average molecular weight is 1180 g/mol. The van der Waals surface area contributed by atoms with Crippen molar-refractivity contribution in [3.63, 3.8) is 0 Å². The van der Waals surface area contributed by atoms with Crippen molar-refractivity contribution in [2.24, 2.45) is 0 Å². The molecule has 0 unspecified atom stereocenters. The van der Waals surface area contributed by atoms with Crippen LogP contribution in [0, 0.1) is 11.6 Å². The fraction of sp³-hybridized carbons (Fsp3) is 0.490. The van der Waals surface area contributed by atoms with Gasteiger partial charge in [0, 0.05) is 61.6 Å². The molecule has 1 fully saturated rings. The second-order valence-electron chi connectivity index (χ2n) is 19.8. The summed E-state index contributed by atoms with van der Waals surface area (Å²) < 4.78 is 90.0. The average Bonchev–Trinajstić information content (AvgIpc) is 3.25. The van der Waals surface area contributed by atoms with E-state index in [2.05, 4.69) is 53.8 Å². The van der Waals surface area contributed by atoms with Crippen LogP contribution in [0.2, 0.25) is 18.1 Å². The maximum absolute atomic E-state index is 13.7. The minimum absolute atomic E-state index is 0. The molecule has 2 N–H and O–H groups in total. The number of hydrogen-bond acceptors (Lipinski definition) is 15. The van der Waals surface area contributed by atoms with Gasteiger partial charge in [0.1, 0.15) is 17.7 Å². The van der Waals surface area contributed by atoms with E-state index in [0.29, 0.717) is 51.5 Å². The van der Waals surface area contributed by atoms with Gasteiger partial charge in [0.05, 0.1) is 60.0 Å². The van der Waals surface area contributed by atoms with Crippen molar-refractivity contribution in [3.05, 3.63) is 94.8 Å². The standard InChI is InChI=1S/C28H40FN3O5SSi.C22H28FN3O6S.CH4.Ca.2H2S/c1-18(2)25-23(15-14-21-16-22(17-24(33)36-21)37-39(8,9)28(3,4)5)26(19-10-12-20(29)13-11-19)31-27(30-25)32(6)38(7,34)35;1-13(2)20-18(10-9-16(27)11-17(28)12-19(29)30)21(14-5-7-15(23)8-6-14)25-22(24-20)26(3)33(4,31)32;;;;/h10-15,18,21-22H,16-17H2,1-9H3;5-10,13,16-17,27-28H,11-12H2,1-4H3,(H,29,30);1H4;;2*1H2/q;;;+2;;/p-1/b15-14+;10-9+;;;;/t21-,22-;16-,17-;;;;/m11..../s1. The fourth-order valence-electron chi connectivity index (χ4n) is 7.03. The number of nitrogens with zero attached hydrogens (tertiary/aromatic N) is 6. The van der Waals surface area contributed by atoms with Gasteiger partial charge in [-0.15, -0.1) is 0 Å². The summed E-state index contributed by atoms with van der Waals surface area (Å²) in [5.41, 5.74) is 4.07. The van der Waals surface area contributed by atoms with Crippen molar-refractivity contribution in [1.82, 2.24) is 19.9 Å². The van der Waals surface area contributed by atoms with Crippen LogP contribution in [0.1, 0.15) is 116 Å². The molecular weight excluding hydrogens is 1110 g/mol. The molecule has 1 aliphatic rings. The molecule has 2 aromatic carbocycles. The van der Waals surface area contributed by atoms with Crippen molar-refractivity contribution in [3.8, 4) is 22.5 Å². The number of sulfonamides is 2. The Balaban J connectivity index is 0.00000142. The maximum Gasteiger partial charge on any atom is 2.00 e. The van der Waals surface area contributed by atoms with Crippen LogP contribution in [0.25, 0.3) is 34.7 Å². The first-order chi connectivity index (χ1) is 33.2. The third-order valence-electron chi connectivity index (χ3n) is 12.1. The van der Waals surface area contributed by atoms with Gasteiger partial charge in [-0.25, -0.2) is 54.2 Å². The zero-order valence-electron chi connectivity index (χ0n) is 44.8. The molecule has 0 spiro atoms. The van der Waals surface area contributed by atoms with Crippen LogP contribution in [-0.4, -0.2) is 156 Å². The molecule has 0 amide bonds. The molecule has 0 radical (unpaired) electrons. The third kappa shape index (κ3) is 20.6. The van der Waals surface area contributed by atoms with E-state index < -0.39 is 70.7 Å². The van der Waals surface area contributed by atoms with Crippen LogP contribution in [0.15, 0.2) is 60.7 Å². The number of carboxylic acids is 1. The first kappa shape index (κ1) is 72.4. The number of halogens is 2. The summed E-state index contributed by atoms with van der Waals surface area (Å²) in [5.74, 6) is -2.93. The Hall–Kier alpha value is -3.56. The van der Waals surface area contributed by atoms with Gasteiger partial charge >= 0.3 is 43.7 Å². The molecule has 0 aliphatic carbocycles. The SMILES string of the molecule is C.CC(C)c1nc(N(C)S(C)(=O)=O)nc(-c2ccc(F)cc2)c1/C=C/[C@@H](O)C[C@@H](O)CC(=O)[O-].CC(C)c1nc(N(C)S(C)(=O)=O)nc(-c2ccc(F)cc2)c1/C=C/[C@@H]1C[C@@H](O[Si](C)(C)C(C)(C)C)CC(=O)O1.S.S.[Ca+2]. The van der Waals surface area contributed by atoms with Crippen molar-refractivity contribution in [2.45, 2.75) is 136 Å². The monoisotopic (exact) mass is 1180 g/mol. The number of esters is 1. The van der Waals surface area contributed by atoms with Gasteiger partial charge in [0.25, 0.3) is 0 Å². The molecule has 0 bridgehead atoms. The minimum atomic E-state index is -3.66. The number of ether oxygens (including phenoxy) is 1. The summed E-state index contributed by atoms with van der Waals surface area (Å²) in [6.07, 6.45) is 5.25. The van der Waals surface area contributed by atoms with Crippen LogP contribution in [-0.2, 0) is 38.8 Å². The molecular formula is C51H75CaF2N6O11S4Si+. The smallest absolute Gasteiger partial charge is 0.550 e. The Morgan fingerprint density at radius 3 is 1.59 bits per heavy atom. The molecule has 1 aliphatic heterocycles. The molecule has 418 valence electrons. The number of carboxylic acid groups (broad SMARTS) is 1. The van der Waals surface area contributed by atoms with Gasteiger partial charge in [0.15, 0.2) is 8.32 Å². The molecule has 0 saturated carbocycles. The Bertz CT molecular complexity index is 2860. The van der Waals surface area contributed by atoms with Crippen molar-refractivity contribution >= 4 is 129 Å². The van der Waals surface area contributed by atoms with Gasteiger partial charge in [-0.3, -0.25) is 4.79 Å². The summed E-state index contributed by atoms with van der Waals surface area (Å²) in [6.45, 7) is 18.4. The summed E-state index contributed by atoms with van der Waals surface area (Å²) in [5, 5.41) is 30.6. The van der Waals surface area contributed by atoms with E-state index in [1.54, 1.807) is 18.2 Å². The quantitative estimate of drug-likeness (QED) is 0.0726. The van der Waals surface area contributed by atoms with Crippen LogP contribution >= 0.6 is 27.0 Å². The van der Waals surface area contributed by atoms with Gasteiger partial charge in [-0.2, -0.15) is 27.0 Å². The zero-order valence-corrected chi connectivity index (χ0v) is 51.6. The van der Waals surface area contributed by atoms with E-state index in [4.69, 9.17) is 9.16 Å². The Labute approximate surface area is 493 Å². The molecule has 1 saturated heterocycles. The largest absolute Gasteiger partial charge is 2.00 e. The number of aliphatic hydroxyl groups is 2. The second-order valence-corrected chi connectivity index (χ2v) is 28.6. The predicted octanol–water partition coefficient (Wildman–Crippen LogP) is 7.46. The van der Waals surface area contributed by atoms with Crippen molar-refractivity contribution in [2.75, 3.05) is 35.2 Å². The predicted molar refractivity (Wildman–Crippen MR) is 308 cm³/mol. The number of cyclic esters (lactones) is 1. The third-order valence-corrected chi connectivity index (χ3v) is 19.0. The van der Waals surface area contributed by atoms with Crippen LogP contribution < -0.4 is 13.7 Å². The molecule has 4 atom stereocenters. The Kier molecular flexibility index (Phi) is 28.7. The van der Waals surface area contributed by atoms with Crippen LogP contribution in [0.4, 0.5) is 20.7 Å². The number of aliphatic carboxylic acids is 1. The Morgan fingerprint density at radius 2 is 1.22 bits per heavy atom. The zero-order chi connectivity index (χ0) is 54.3.